The first-order chi connectivity index (χ1) is 16.6. The molecule has 0 bridgehead atoms. The van der Waals surface area contributed by atoms with Gasteiger partial charge in [0.1, 0.15) is 0 Å². The number of carbonyl (C=O) groups excluding carboxylic acids is 1. The number of nitrogens with zero attached hydrogens (tertiary/aromatic N) is 2. The van der Waals surface area contributed by atoms with Gasteiger partial charge in [-0.25, -0.2) is 0 Å². The van der Waals surface area contributed by atoms with E-state index in [0.29, 0.717) is 13.1 Å². The monoisotopic (exact) mass is 459 g/mol. The molecule has 1 saturated heterocycles. The summed E-state index contributed by atoms with van der Waals surface area (Å²) in [4.78, 5) is 29.2. The summed E-state index contributed by atoms with van der Waals surface area (Å²) in [5.74, 6) is -0.126. The van der Waals surface area contributed by atoms with E-state index in [4.69, 9.17) is 0 Å². The minimum absolute atomic E-state index is 0.00901. The molecular weight excluding hydrogens is 426 g/mol. The minimum atomic E-state index is -0.380. The van der Waals surface area contributed by atoms with E-state index in [2.05, 4.69) is 53.5 Å². The molecule has 0 saturated carbocycles. The highest BCUT2D eigenvalue weighted by molar-refractivity contribution is 5.83. The normalized spacial score (nSPS) is 28.0. The van der Waals surface area contributed by atoms with Crippen LogP contribution >= 0.6 is 0 Å². The van der Waals surface area contributed by atoms with E-state index in [-0.39, 0.29) is 48.0 Å². The van der Waals surface area contributed by atoms with Crippen molar-refractivity contribution >= 4 is 11.5 Å². The van der Waals surface area contributed by atoms with Gasteiger partial charge in [0, 0.05) is 42.3 Å². The second kappa shape index (κ2) is 8.51. The van der Waals surface area contributed by atoms with Crippen LogP contribution in [0.4, 0.5) is 0 Å². The van der Waals surface area contributed by atoms with Crippen molar-refractivity contribution in [1.29, 1.82) is 0 Å². The van der Waals surface area contributed by atoms with Gasteiger partial charge >= 0.3 is 0 Å². The van der Waals surface area contributed by atoms with Gasteiger partial charge in [-0.05, 0) is 67.5 Å². The number of hydrogen-bond acceptors (Lipinski definition) is 4. The summed E-state index contributed by atoms with van der Waals surface area (Å²) in [6, 6.07) is 12.2. The van der Waals surface area contributed by atoms with Crippen LogP contribution in [0.1, 0.15) is 54.6 Å². The minimum Gasteiger partial charge on any atom is -0.396 e. The van der Waals surface area contributed by atoms with Crippen molar-refractivity contribution in [3.8, 4) is 0 Å². The number of rotatable bonds is 5. The molecule has 4 aliphatic rings. The fourth-order valence-corrected chi connectivity index (χ4v) is 7.09. The molecule has 0 spiro atoms. The molecule has 1 amide bonds. The van der Waals surface area contributed by atoms with Gasteiger partial charge in [0.2, 0.25) is 5.91 Å². The molecular formula is C28H33N3O3. The molecule has 4 atom stereocenters. The molecule has 6 rings (SSSR count). The molecule has 1 fully saturated rings. The Morgan fingerprint density at radius 1 is 1.15 bits per heavy atom. The standard InChI is InChI=1S/C28H33N3O3/c1-2-30-25-22(15-31-24(25)12-11-21(28(31)34)17-7-3-4-8-17)23(16-32)26(30)27(33)29-20-13-18-9-5-6-10-19(18)14-20/h5-7,9-12,20,22-23,25-26,32H,2-4,8,13-16H2,1H3,(H,29,33)/t22-,23-,25+,26-/m1/s1. The molecule has 2 aromatic rings. The van der Waals surface area contributed by atoms with Crippen molar-refractivity contribution in [3.05, 3.63) is 75.2 Å². The average Bonchev–Trinajstić information content (AvgIpc) is 3.61. The van der Waals surface area contributed by atoms with Crippen LogP contribution in [-0.4, -0.2) is 45.7 Å². The van der Waals surface area contributed by atoms with E-state index in [1.54, 1.807) is 0 Å². The molecule has 0 radical (unpaired) electrons. The second-order valence-corrected chi connectivity index (χ2v) is 10.3. The number of aromatic nitrogens is 1. The van der Waals surface area contributed by atoms with E-state index in [1.165, 1.54) is 16.7 Å². The van der Waals surface area contributed by atoms with Crippen molar-refractivity contribution in [1.82, 2.24) is 14.8 Å². The number of aliphatic hydroxyl groups excluding tert-OH is 1. The zero-order chi connectivity index (χ0) is 23.4. The summed E-state index contributed by atoms with van der Waals surface area (Å²) in [5.41, 5.74) is 5.67. The van der Waals surface area contributed by atoms with Crippen molar-refractivity contribution < 1.29 is 9.90 Å². The van der Waals surface area contributed by atoms with Gasteiger partial charge in [-0.1, -0.05) is 37.3 Å². The quantitative estimate of drug-likeness (QED) is 0.721. The van der Waals surface area contributed by atoms with Gasteiger partial charge in [-0.2, -0.15) is 0 Å². The van der Waals surface area contributed by atoms with Gasteiger partial charge in [-0.15, -0.1) is 0 Å². The fourth-order valence-electron chi connectivity index (χ4n) is 7.09. The Kier molecular flexibility index (Phi) is 5.46. The van der Waals surface area contributed by atoms with Crippen LogP contribution in [0.25, 0.3) is 5.57 Å². The van der Waals surface area contributed by atoms with E-state index >= 15 is 0 Å². The summed E-state index contributed by atoms with van der Waals surface area (Å²) in [7, 11) is 0. The zero-order valence-corrected chi connectivity index (χ0v) is 19.7. The van der Waals surface area contributed by atoms with Crippen molar-refractivity contribution in [3.63, 3.8) is 0 Å². The lowest BCUT2D eigenvalue weighted by atomic mass is 9.88. The Morgan fingerprint density at radius 2 is 1.91 bits per heavy atom. The Balaban J connectivity index is 1.27. The van der Waals surface area contributed by atoms with Crippen LogP contribution < -0.4 is 10.9 Å². The highest BCUT2D eigenvalue weighted by atomic mass is 16.3. The van der Waals surface area contributed by atoms with Gasteiger partial charge in [0.25, 0.3) is 5.56 Å². The van der Waals surface area contributed by atoms with Crippen molar-refractivity contribution in [2.75, 3.05) is 13.2 Å². The number of amides is 1. The topological polar surface area (TPSA) is 74.6 Å². The van der Waals surface area contributed by atoms with Gasteiger partial charge < -0.3 is 15.0 Å². The number of fused-ring (bicyclic) bond motifs is 4. The first kappa shape index (κ1) is 21.8. The highest BCUT2D eigenvalue weighted by Crippen LogP contribution is 2.49. The van der Waals surface area contributed by atoms with Crippen LogP contribution in [0.3, 0.4) is 0 Å². The Hall–Kier alpha value is -2.70. The van der Waals surface area contributed by atoms with Crippen LogP contribution in [-0.2, 0) is 24.2 Å². The van der Waals surface area contributed by atoms with Gasteiger partial charge in [0.15, 0.2) is 0 Å². The Bertz CT molecular complexity index is 1190. The average molecular weight is 460 g/mol. The molecule has 2 N–H and O–H groups in total. The summed E-state index contributed by atoms with van der Waals surface area (Å²) in [6.07, 6.45) is 7.02. The number of likely N-dealkylation sites (tertiary alicyclic amines) is 1. The summed E-state index contributed by atoms with van der Waals surface area (Å²) in [5, 5.41) is 13.7. The number of pyridine rings is 1. The zero-order valence-electron chi connectivity index (χ0n) is 19.7. The molecule has 2 aliphatic heterocycles. The maximum atomic E-state index is 13.6. The van der Waals surface area contributed by atoms with Gasteiger partial charge in [-0.3, -0.25) is 14.5 Å². The first-order valence-electron chi connectivity index (χ1n) is 12.8. The smallest absolute Gasteiger partial charge is 0.258 e. The third-order valence-corrected chi connectivity index (χ3v) is 8.61. The van der Waals surface area contributed by atoms with E-state index in [0.717, 1.165) is 43.4 Å². The third-order valence-electron chi connectivity index (χ3n) is 8.61. The maximum absolute atomic E-state index is 13.6. The summed E-state index contributed by atoms with van der Waals surface area (Å²) < 4.78 is 1.91. The van der Waals surface area contributed by atoms with Crippen molar-refractivity contribution in [2.24, 2.45) is 11.8 Å². The lowest BCUT2D eigenvalue weighted by molar-refractivity contribution is -0.128. The van der Waals surface area contributed by atoms with Crippen LogP contribution in [0.15, 0.2) is 47.3 Å². The van der Waals surface area contributed by atoms with Crippen LogP contribution in [0, 0.1) is 11.8 Å². The number of allylic oxidation sites excluding steroid dienone is 2. The lowest BCUT2D eigenvalue weighted by Gasteiger charge is -2.30. The largest absolute Gasteiger partial charge is 0.396 e. The Labute approximate surface area is 200 Å². The summed E-state index contributed by atoms with van der Waals surface area (Å²) in [6.45, 7) is 3.28. The first-order valence-corrected chi connectivity index (χ1v) is 12.8. The molecule has 34 heavy (non-hydrogen) atoms. The number of carbonyl (C=O) groups is 1. The number of aliphatic hydroxyl groups is 1. The number of benzene rings is 1. The SMILES string of the molecule is CCN1[C@@H]2c3ccc(C4=CCCC4)c(=O)n3C[C@@H]2[C@@H](CO)[C@@H]1C(=O)NC1Cc2ccccc2C1. The molecule has 2 aliphatic carbocycles. The molecule has 6 heteroatoms. The predicted octanol–water partition coefficient (Wildman–Crippen LogP) is 2.68. The predicted molar refractivity (Wildman–Crippen MR) is 131 cm³/mol. The molecule has 6 nitrogen and oxygen atoms in total. The molecule has 0 unspecified atom stereocenters. The van der Waals surface area contributed by atoms with E-state index in [9.17, 15) is 14.7 Å². The maximum Gasteiger partial charge on any atom is 0.258 e. The lowest BCUT2D eigenvalue weighted by Crippen LogP contribution is -2.51. The number of nitrogens with one attached hydrogen (secondary N) is 1. The summed E-state index contributed by atoms with van der Waals surface area (Å²) >= 11 is 0. The number of likely N-dealkylation sites (N-methyl/N-ethyl adjacent to an activating group) is 1. The highest BCUT2D eigenvalue weighted by Gasteiger charge is 2.55. The number of hydrogen-bond donors (Lipinski definition) is 2. The fraction of sp³-hybridized carbons (Fsp3) is 0.500. The van der Waals surface area contributed by atoms with Gasteiger partial charge in [0.05, 0.1) is 12.1 Å². The molecule has 178 valence electrons. The molecule has 1 aromatic heterocycles. The third kappa shape index (κ3) is 3.30. The van der Waals surface area contributed by atoms with Crippen LogP contribution in [0.2, 0.25) is 0 Å². The molecule has 3 heterocycles. The van der Waals surface area contributed by atoms with Crippen LogP contribution in [0.5, 0.6) is 0 Å². The second-order valence-electron chi connectivity index (χ2n) is 10.3. The van der Waals surface area contributed by atoms with E-state index in [1.807, 2.05) is 10.6 Å². The molecule has 1 aromatic carbocycles. The van der Waals surface area contributed by atoms with E-state index < -0.39 is 0 Å². The van der Waals surface area contributed by atoms with Crippen molar-refractivity contribution in [2.45, 2.75) is 63.7 Å². The Morgan fingerprint density at radius 3 is 2.56 bits per heavy atom.